The van der Waals surface area contributed by atoms with Crippen LogP contribution in [-0.2, 0) is 14.2 Å². The van der Waals surface area contributed by atoms with E-state index in [4.69, 9.17) is 14.2 Å². The molecule has 4 heteroatoms. The molecule has 0 fully saturated rings. The predicted octanol–water partition coefficient (Wildman–Crippen LogP) is 0.964. The second-order valence-electron chi connectivity index (χ2n) is 3.87. The minimum Gasteiger partial charge on any atom is -0.378 e. The Morgan fingerprint density at radius 1 is 1.07 bits per heavy atom. The molecule has 0 atom stereocenters. The molecule has 86 valence electrons. The van der Waals surface area contributed by atoms with Crippen LogP contribution in [0.1, 0.15) is 13.8 Å². The van der Waals surface area contributed by atoms with Crippen molar-refractivity contribution in [2.24, 2.45) is 0 Å². The summed E-state index contributed by atoms with van der Waals surface area (Å²) in [5, 5.41) is 0. The number of methoxy groups -OCH3 is 1. The fraction of sp³-hybridized carbons (Fsp3) is 1.00. The van der Waals surface area contributed by atoms with Crippen LogP contribution in [0.4, 0.5) is 0 Å². The number of hydrogen-bond acceptors (Lipinski definition) is 4. The van der Waals surface area contributed by atoms with Gasteiger partial charge in [0, 0.05) is 13.7 Å². The van der Waals surface area contributed by atoms with Crippen molar-refractivity contribution >= 4 is 0 Å². The summed E-state index contributed by atoms with van der Waals surface area (Å²) >= 11 is 0. The van der Waals surface area contributed by atoms with Crippen LogP contribution in [-0.4, -0.2) is 58.3 Å². The van der Waals surface area contributed by atoms with E-state index in [1.165, 1.54) is 0 Å². The number of hydrogen-bond donors (Lipinski definition) is 0. The number of nitrogens with zero attached hydrogens (tertiary/aromatic N) is 1. The molecule has 0 aliphatic heterocycles. The van der Waals surface area contributed by atoms with Crippen molar-refractivity contribution in [1.82, 2.24) is 4.90 Å². The van der Waals surface area contributed by atoms with Gasteiger partial charge in [0.25, 0.3) is 0 Å². The average Bonchev–Trinajstić information content (AvgIpc) is 2.10. The molecular formula is C10H23NO3. The molecule has 0 aliphatic carbocycles. The molecule has 0 bridgehead atoms. The molecule has 0 saturated carbocycles. The van der Waals surface area contributed by atoms with Crippen LogP contribution in [0.15, 0.2) is 0 Å². The third-order valence-electron chi connectivity index (χ3n) is 1.85. The van der Waals surface area contributed by atoms with Gasteiger partial charge in [-0.05, 0) is 27.9 Å². The molecule has 0 N–H and O–H groups in total. The molecular weight excluding hydrogens is 182 g/mol. The van der Waals surface area contributed by atoms with Crippen LogP contribution in [0.25, 0.3) is 0 Å². The summed E-state index contributed by atoms with van der Waals surface area (Å²) in [6.45, 7) is 6.62. The van der Waals surface area contributed by atoms with Crippen LogP contribution in [0.2, 0.25) is 0 Å². The Bertz CT molecular complexity index is 137. The topological polar surface area (TPSA) is 30.9 Å². The molecule has 0 unspecified atom stereocenters. The van der Waals surface area contributed by atoms with Crippen LogP contribution in [0.3, 0.4) is 0 Å². The van der Waals surface area contributed by atoms with Crippen molar-refractivity contribution in [1.29, 1.82) is 0 Å². The fourth-order valence-electron chi connectivity index (χ4n) is 0.754. The quantitative estimate of drug-likeness (QED) is 0.436. The van der Waals surface area contributed by atoms with E-state index in [1.54, 1.807) is 7.11 Å². The second-order valence-corrected chi connectivity index (χ2v) is 3.87. The average molecular weight is 205 g/mol. The zero-order valence-electron chi connectivity index (χ0n) is 10.0. The van der Waals surface area contributed by atoms with E-state index >= 15 is 0 Å². The first kappa shape index (κ1) is 13.8. The fourth-order valence-corrected chi connectivity index (χ4v) is 0.754. The van der Waals surface area contributed by atoms with Gasteiger partial charge in [-0.25, -0.2) is 0 Å². The molecule has 0 aliphatic rings. The Labute approximate surface area is 87.1 Å². The van der Waals surface area contributed by atoms with E-state index < -0.39 is 5.79 Å². The normalized spacial score (nSPS) is 12.4. The maximum absolute atomic E-state index is 5.42. The number of rotatable bonds is 8. The molecule has 0 amide bonds. The van der Waals surface area contributed by atoms with Crippen LogP contribution < -0.4 is 0 Å². The summed E-state index contributed by atoms with van der Waals surface area (Å²) in [7, 11) is 5.68. The lowest BCUT2D eigenvalue weighted by Crippen LogP contribution is -2.28. The summed E-state index contributed by atoms with van der Waals surface area (Å²) in [5.41, 5.74) is 0. The molecule has 0 saturated heterocycles. The first-order chi connectivity index (χ1) is 6.48. The summed E-state index contributed by atoms with van der Waals surface area (Å²) in [6.07, 6.45) is 0. The van der Waals surface area contributed by atoms with E-state index in [1.807, 2.05) is 27.9 Å². The van der Waals surface area contributed by atoms with Gasteiger partial charge in [-0.3, -0.25) is 0 Å². The molecule has 0 rings (SSSR count). The van der Waals surface area contributed by atoms with Gasteiger partial charge in [0.2, 0.25) is 0 Å². The molecule has 0 aromatic heterocycles. The summed E-state index contributed by atoms with van der Waals surface area (Å²) in [5.74, 6) is -0.509. The molecule has 0 heterocycles. The molecule has 14 heavy (non-hydrogen) atoms. The molecule has 4 nitrogen and oxygen atoms in total. The largest absolute Gasteiger partial charge is 0.378 e. The van der Waals surface area contributed by atoms with Gasteiger partial charge in [-0.1, -0.05) is 0 Å². The first-order valence-corrected chi connectivity index (χ1v) is 4.89. The van der Waals surface area contributed by atoms with E-state index in [0.29, 0.717) is 13.2 Å². The Hall–Kier alpha value is -0.160. The molecule has 0 spiro atoms. The Balaban J connectivity index is 3.21. The van der Waals surface area contributed by atoms with Crippen LogP contribution in [0, 0.1) is 0 Å². The zero-order valence-corrected chi connectivity index (χ0v) is 10.0. The van der Waals surface area contributed by atoms with E-state index in [-0.39, 0.29) is 0 Å². The predicted molar refractivity (Wildman–Crippen MR) is 56.4 cm³/mol. The highest BCUT2D eigenvalue weighted by Crippen LogP contribution is 2.08. The van der Waals surface area contributed by atoms with Crippen molar-refractivity contribution in [3.05, 3.63) is 0 Å². The first-order valence-electron chi connectivity index (χ1n) is 4.89. The number of ether oxygens (including phenoxy) is 3. The maximum atomic E-state index is 5.42. The van der Waals surface area contributed by atoms with Crippen molar-refractivity contribution in [3.8, 4) is 0 Å². The van der Waals surface area contributed by atoms with Gasteiger partial charge >= 0.3 is 0 Å². The standard InChI is InChI=1S/C10H23NO3/c1-10(2,12-5)14-9-8-13-7-6-11(3)4/h6-9H2,1-5H3. The Morgan fingerprint density at radius 3 is 2.21 bits per heavy atom. The maximum Gasteiger partial charge on any atom is 0.162 e. The van der Waals surface area contributed by atoms with E-state index in [0.717, 1.165) is 13.2 Å². The van der Waals surface area contributed by atoms with Crippen LogP contribution >= 0.6 is 0 Å². The summed E-state index contributed by atoms with van der Waals surface area (Å²) in [6, 6.07) is 0. The molecule has 0 aromatic rings. The van der Waals surface area contributed by atoms with Gasteiger partial charge in [0.15, 0.2) is 5.79 Å². The second kappa shape index (κ2) is 7.17. The van der Waals surface area contributed by atoms with Crippen LogP contribution in [0.5, 0.6) is 0 Å². The minimum absolute atomic E-state index is 0.509. The smallest absolute Gasteiger partial charge is 0.162 e. The Kier molecular flexibility index (Phi) is 7.09. The lowest BCUT2D eigenvalue weighted by atomic mass is 10.4. The monoisotopic (exact) mass is 205 g/mol. The van der Waals surface area contributed by atoms with Gasteiger partial charge < -0.3 is 19.1 Å². The van der Waals surface area contributed by atoms with E-state index in [9.17, 15) is 0 Å². The minimum atomic E-state index is -0.509. The van der Waals surface area contributed by atoms with Gasteiger partial charge in [-0.15, -0.1) is 0 Å². The summed E-state index contributed by atoms with van der Waals surface area (Å²) in [4.78, 5) is 2.08. The highest BCUT2D eigenvalue weighted by molar-refractivity contribution is 4.51. The third-order valence-corrected chi connectivity index (χ3v) is 1.85. The highest BCUT2D eigenvalue weighted by Gasteiger charge is 2.15. The molecule has 0 aromatic carbocycles. The number of likely N-dealkylation sites (N-methyl/N-ethyl adjacent to an activating group) is 1. The van der Waals surface area contributed by atoms with Crippen molar-refractivity contribution in [3.63, 3.8) is 0 Å². The summed E-state index contributed by atoms with van der Waals surface area (Å²) < 4.78 is 15.9. The van der Waals surface area contributed by atoms with Crippen molar-refractivity contribution < 1.29 is 14.2 Å². The van der Waals surface area contributed by atoms with Gasteiger partial charge in [0.05, 0.1) is 19.8 Å². The van der Waals surface area contributed by atoms with Gasteiger partial charge in [0.1, 0.15) is 0 Å². The van der Waals surface area contributed by atoms with E-state index in [2.05, 4.69) is 4.90 Å². The molecule has 0 radical (unpaired) electrons. The van der Waals surface area contributed by atoms with Crippen molar-refractivity contribution in [2.75, 3.05) is 47.6 Å². The van der Waals surface area contributed by atoms with Gasteiger partial charge in [-0.2, -0.15) is 0 Å². The lowest BCUT2D eigenvalue weighted by molar-refractivity contribution is -0.203. The van der Waals surface area contributed by atoms with Crippen molar-refractivity contribution in [2.45, 2.75) is 19.6 Å². The zero-order chi connectivity index (χ0) is 11.0. The highest BCUT2D eigenvalue weighted by atomic mass is 16.7. The Morgan fingerprint density at radius 2 is 1.71 bits per heavy atom. The third kappa shape index (κ3) is 8.44. The SMILES string of the molecule is COC(C)(C)OCCOCCN(C)C. The lowest BCUT2D eigenvalue weighted by Gasteiger charge is -2.23.